The fraction of sp³-hybridized carbons (Fsp3) is 0.320. The van der Waals surface area contributed by atoms with Crippen LogP contribution in [-0.2, 0) is 0 Å². The SMILES string of the molecule is CC.CC(C)c1ccc(C#N)c2ncccc12.CC(C)c1ccc2nccn2c1. The van der Waals surface area contributed by atoms with Gasteiger partial charge in [0.2, 0.25) is 0 Å². The van der Waals surface area contributed by atoms with Crippen LogP contribution in [-0.4, -0.2) is 14.4 Å². The lowest BCUT2D eigenvalue weighted by atomic mass is 9.96. The molecule has 0 atom stereocenters. The number of hydrogen-bond acceptors (Lipinski definition) is 3. The Labute approximate surface area is 173 Å². The molecule has 0 aliphatic rings. The van der Waals surface area contributed by atoms with Gasteiger partial charge in [-0.1, -0.05) is 59.7 Å². The van der Waals surface area contributed by atoms with E-state index in [1.807, 2.05) is 50.5 Å². The average Bonchev–Trinajstić information content (AvgIpc) is 3.22. The lowest BCUT2D eigenvalue weighted by Crippen LogP contribution is -1.92. The third kappa shape index (κ3) is 5.20. The van der Waals surface area contributed by atoms with E-state index in [2.05, 4.69) is 66.5 Å². The van der Waals surface area contributed by atoms with Crippen molar-refractivity contribution in [2.75, 3.05) is 0 Å². The zero-order chi connectivity index (χ0) is 21.4. The second-order valence-corrected chi connectivity index (χ2v) is 7.18. The highest BCUT2D eigenvalue weighted by Gasteiger charge is 2.08. The van der Waals surface area contributed by atoms with Gasteiger partial charge < -0.3 is 4.40 Å². The van der Waals surface area contributed by atoms with Crippen molar-refractivity contribution < 1.29 is 0 Å². The molecule has 0 unspecified atom stereocenters. The first-order valence-electron chi connectivity index (χ1n) is 10.2. The molecule has 1 aromatic carbocycles. The van der Waals surface area contributed by atoms with Crippen LogP contribution in [0.5, 0.6) is 0 Å². The fourth-order valence-corrected chi connectivity index (χ4v) is 3.07. The zero-order valence-corrected chi connectivity index (χ0v) is 18.2. The predicted octanol–water partition coefficient (Wildman–Crippen LogP) is 6.71. The Bertz CT molecular complexity index is 1100. The van der Waals surface area contributed by atoms with Crippen molar-refractivity contribution in [1.82, 2.24) is 14.4 Å². The monoisotopic (exact) mass is 386 g/mol. The van der Waals surface area contributed by atoms with Crippen LogP contribution in [0.1, 0.15) is 70.1 Å². The number of hydrogen-bond donors (Lipinski definition) is 0. The van der Waals surface area contributed by atoms with Gasteiger partial charge in [0.05, 0.1) is 11.1 Å². The summed E-state index contributed by atoms with van der Waals surface area (Å²) in [7, 11) is 0. The summed E-state index contributed by atoms with van der Waals surface area (Å²) >= 11 is 0. The molecule has 0 fully saturated rings. The maximum Gasteiger partial charge on any atom is 0.136 e. The molecule has 0 N–H and O–H groups in total. The molecule has 0 saturated heterocycles. The first-order valence-corrected chi connectivity index (χ1v) is 10.2. The molecular weight excluding hydrogens is 356 g/mol. The first kappa shape index (κ1) is 22.1. The molecule has 0 spiro atoms. The van der Waals surface area contributed by atoms with Gasteiger partial charge in [0.1, 0.15) is 11.7 Å². The molecule has 3 aromatic heterocycles. The van der Waals surface area contributed by atoms with E-state index < -0.39 is 0 Å². The van der Waals surface area contributed by atoms with E-state index in [1.54, 1.807) is 6.20 Å². The summed E-state index contributed by atoms with van der Waals surface area (Å²) in [5, 5.41) is 10.1. The topological polar surface area (TPSA) is 54.0 Å². The average molecular weight is 387 g/mol. The minimum Gasteiger partial charge on any atom is -0.307 e. The Balaban J connectivity index is 0.000000194. The van der Waals surface area contributed by atoms with Gasteiger partial charge in [0, 0.05) is 30.2 Å². The maximum atomic E-state index is 8.98. The lowest BCUT2D eigenvalue weighted by Gasteiger charge is -2.09. The Morgan fingerprint density at radius 1 is 0.897 bits per heavy atom. The van der Waals surface area contributed by atoms with E-state index in [9.17, 15) is 0 Å². The third-order valence-electron chi connectivity index (χ3n) is 4.62. The van der Waals surface area contributed by atoms with Gasteiger partial charge >= 0.3 is 0 Å². The van der Waals surface area contributed by atoms with Crippen LogP contribution in [0.2, 0.25) is 0 Å². The highest BCUT2D eigenvalue weighted by Crippen LogP contribution is 2.26. The number of nitrogens with zero attached hydrogens (tertiary/aromatic N) is 4. The molecule has 4 heteroatoms. The first-order chi connectivity index (χ1) is 14.0. The van der Waals surface area contributed by atoms with Crippen molar-refractivity contribution in [3.05, 3.63) is 77.9 Å². The van der Waals surface area contributed by atoms with Gasteiger partial charge in [-0.05, 0) is 41.2 Å². The molecule has 4 aromatic rings. The summed E-state index contributed by atoms with van der Waals surface area (Å²) in [5.41, 5.74) is 5.07. The molecule has 4 nitrogen and oxygen atoms in total. The minimum absolute atomic E-state index is 0.449. The van der Waals surface area contributed by atoms with Crippen molar-refractivity contribution >= 4 is 16.6 Å². The molecule has 0 radical (unpaired) electrons. The number of aromatic nitrogens is 3. The normalized spacial score (nSPS) is 10.3. The predicted molar refractivity (Wildman–Crippen MR) is 121 cm³/mol. The van der Waals surface area contributed by atoms with Crippen molar-refractivity contribution in [2.24, 2.45) is 0 Å². The molecule has 29 heavy (non-hydrogen) atoms. The van der Waals surface area contributed by atoms with Gasteiger partial charge in [0.15, 0.2) is 0 Å². The van der Waals surface area contributed by atoms with Crippen LogP contribution in [0.25, 0.3) is 16.6 Å². The minimum atomic E-state index is 0.449. The van der Waals surface area contributed by atoms with E-state index in [-0.39, 0.29) is 0 Å². The standard InChI is InChI=1S/C13H12N2.C10H12N2.C2H6/c1-9(2)11-6-5-10(8-14)13-12(11)4-3-7-15-13;1-8(2)9-3-4-10-11-5-6-12(10)7-9;1-2/h3-7,9H,1-2H3;3-8H,1-2H3;1-2H3. The highest BCUT2D eigenvalue weighted by molar-refractivity contribution is 5.87. The Hall–Kier alpha value is -3.19. The summed E-state index contributed by atoms with van der Waals surface area (Å²) in [6, 6.07) is 14.2. The van der Waals surface area contributed by atoms with Crippen molar-refractivity contribution in [3.8, 4) is 6.07 Å². The molecular formula is C25H30N4. The van der Waals surface area contributed by atoms with Crippen LogP contribution < -0.4 is 0 Å². The Morgan fingerprint density at radius 2 is 1.66 bits per heavy atom. The lowest BCUT2D eigenvalue weighted by molar-refractivity contribution is 0.854. The van der Waals surface area contributed by atoms with Gasteiger partial charge in [-0.25, -0.2) is 4.98 Å². The molecule has 0 saturated carbocycles. The van der Waals surface area contributed by atoms with Crippen LogP contribution in [0.3, 0.4) is 0 Å². The van der Waals surface area contributed by atoms with Crippen LogP contribution >= 0.6 is 0 Å². The number of fused-ring (bicyclic) bond motifs is 2. The van der Waals surface area contributed by atoms with Gasteiger partial charge in [0.25, 0.3) is 0 Å². The van der Waals surface area contributed by atoms with E-state index in [0.717, 1.165) is 16.6 Å². The summed E-state index contributed by atoms with van der Waals surface area (Å²) in [6.45, 7) is 12.7. The van der Waals surface area contributed by atoms with Crippen LogP contribution in [0.4, 0.5) is 0 Å². The quantitative estimate of drug-likeness (QED) is 0.384. The van der Waals surface area contributed by atoms with Crippen molar-refractivity contribution in [3.63, 3.8) is 0 Å². The fourth-order valence-electron chi connectivity index (χ4n) is 3.07. The Morgan fingerprint density at radius 3 is 2.31 bits per heavy atom. The Kier molecular flexibility index (Phi) is 7.91. The number of pyridine rings is 2. The molecule has 0 aliphatic carbocycles. The van der Waals surface area contributed by atoms with E-state index >= 15 is 0 Å². The molecule has 0 bridgehead atoms. The van der Waals surface area contributed by atoms with Crippen LogP contribution in [0, 0.1) is 11.3 Å². The summed E-state index contributed by atoms with van der Waals surface area (Å²) in [4.78, 5) is 8.45. The molecule has 4 rings (SSSR count). The smallest absolute Gasteiger partial charge is 0.136 e. The highest BCUT2D eigenvalue weighted by atomic mass is 15.0. The number of benzene rings is 1. The number of rotatable bonds is 2. The molecule has 0 amide bonds. The maximum absolute atomic E-state index is 8.98. The summed E-state index contributed by atoms with van der Waals surface area (Å²) in [5.74, 6) is 1.03. The molecule has 150 valence electrons. The number of nitriles is 1. The summed E-state index contributed by atoms with van der Waals surface area (Å²) in [6.07, 6.45) is 7.65. The van der Waals surface area contributed by atoms with Crippen molar-refractivity contribution in [1.29, 1.82) is 5.26 Å². The second-order valence-electron chi connectivity index (χ2n) is 7.18. The van der Waals surface area contributed by atoms with E-state index in [4.69, 9.17) is 5.26 Å². The zero-order valence-electron chi connectivity index (χ0n) is 18.2. The third-order valence-corrected chi connectivity index (χ3v) is 4.62. The van der Waals surface area contributed by atoms with E-state index in [0.29, 0.717) is 17.4 Å². The van der Waals surface area contributed by atoms with Crippen molar-refractivity contribution in [2.45, 2.75) is 53.4 Å². The molecule has 0 aliphatic heterocycles. The van der Waals surface area contributed by atoms with Crippen LogP contribution in [0.15, 0.2) is 61.2 Å². The second kappa shape index (κ2) is 10.4. The number of imidazole rings is 1. The van der Waals surface area contributed by atoms with Gasteiger partial charge in [-0.2, -0.15) is 5.26 Å². The van der Waals surface area contributed by atoms with E-state index in [1.165, 1.54) is 11.1 Å². The largest absolute Gasteiger partial charge is 0.307 e. The van der Waals surface area contributed by atoms with Gasteiger partial charge in [-0.3, -0.25) is 4.98 Å². The molecule has 3 heterocycles. The van der Waals surface area contributed by atoms with Gasteiger partial charge in [-0.15, -0.1) is 0 Å². The summed E-state index contributed by atoms with van der Waals surface area (Å²) < 4.78 is 2.05.